The van der Waals surface area contributed by atoms with Crippen molar-refractivity contribution in [3.8, 4) is 5.75 Å². The van der Waals surface area contributed by atoms with Gasteiger partial charge in [0, 0.05) is 32.8 Å². The maximum absolute atomic E-state index is 12.3. The fourth-order valence-electron chi connectivity index (χ4n) is 3.26. The van der Waals surface area contributed by atoms with Crippen LogP contribution in [0.4, 0.5) is 5.69 Å². The van der Waals surface area contributed by atoms with Gasteiger partial charge in [-0.25, -0.2) is 0 Å². The molecule has 1 N–H and O–H groups in total. The molecule has 2 fully saturated rings. The molecule has 1 atom stereocenters. The zero-order chi connectivity index (χ0) is 17.6. The lowest BCUT2D eigenvalue weighted by Gasteiger charge is -2.36. The fraction of sp³-hybridized carbons (Fsp3) is 0.556. The van der Waals surface area contributed by atoms with Gasteiger partial charge in [0.05, 0.1) is 19.3 Å². The first-order valence-corrected chi connectivity index (χ1v) is 8.74. The number of amides is 2. The number of anilines is 1. The predicted octanol–water partition coefficient (Wildman–Crippen LogP) is 0.639. The van der Waals surface area contributed by atoms with E-state index in [0.717, 1.165) is 37.4 Å². The molecule has 2 aliphatic rings. The number of carbonyl (C=O) groups is 2. The van der Waals surface area contributed by atoms with Crippen molar-refractivity contribution in [2.24, 2.45) is 0 Å². The zero-order valence-electron chi connectivity index (χ0n) is 14.6. The minimum atomic E-state index is -0.393. The van der Waals surface area contributed by atoms with E-state index in [-0.39, 0.29) is 18.4 Å². The molecular formula is C18H25N3O4. The molecule has 136 valence electrons. The Hall–Kier alpha value is -2.28. The second kappa shape index (κ2) is 8.20. The molecule has 25 heavy (non-hydrogen) atoms. The van der Waals surface area contributed by atoms with Crippen LogP contribution in [-0.2, 0) is 14.3 Å². The van der Waals surface area contributed by atoms with Crippen LogP contribution in [0.25, 0.3) is 0 Å². The lowest BCUT2D eigenvalue weighted by molar-refractivity contribution is -0.136. The maximum Gasteiger partial charge on any atom is 0.249 e. The summed E-state index contributed by atoms with van der Waals surface area (Å²) >= 11 is 0. The van der Waals surface area contributed by atoms with E-state index in [2.05, 4.69) is 10.2 Å². The third kappa shape index (κ3) is 4.22. The first-order chi connectivity index (χ1) is 12.2. The molecule has 2 saturated heterocycles. The Kier molecular flexibility index (Phi) is 5.75. The quantitative estimate of drug-likeness (QED) is 0.846. The van der Waals surface area contributed by atoms with Crippen molar-refractivity contribution in [1.29, 1.82) is 0 Å². The standard InChI is InChI=1S/C18H25N3O4/c1-24-15-6-3-2-5-14(15)20-8-10-21(11-9-20)17(22)13-19-18(23)16-7-4-12-25-16/h2-3,5-6,16H,4,7-13H2,1H3,(H,19,23). The smallest absolute Gasteiger partial charge is 0.249 e. The molecule has 1 aromatic carbocycles. The van der Waals surface area contributed by atoms with Crippen LogP contribution in [-0.4, -0.2) is 69.3 Å². The van der Waals surface area contributed by atoms with Crippen molar-refractivity contribution in [3.63, 3.8) is 0 Å². The fourth-order valence-corrected chi connectivity index (χ4v) is 3.26. The highest BCUT2D eigenvalue weighted by atomic mass is 16.5. The van der Waals surface area contributed by atoms with Crippen molar-refractivity contribution in [2.75, 3.05) is 51.3 Å². The third-order valence-corrected chi connectivity index (χ3v) is 4.69. The largest absolute Gasteiger partial charge is 0.495 e. The van der Waals surface area contributed by atoms with Gasteiger partial charge in [-0.3, -0.25) is 9.59 Å². The number of hydrogen-bond donors (Lipinski definition) is 1. The summed E-state index contributed by atoms with van der Waals surface area (Å²) in [6.07, 6.45) is 1.24. The van der Waals surface area contributed by atoms with Gasteiger partial charge in [-0.15, -0.1) is 0 Å². The Morgan fingerprint density at radius 2 is 2.00 bits per heavy atom. The number of nitrogens with zero attached hydrogens (tertiary/aromatic N) is 2. The summed E-state index contributed by atoms with van der Waals surface area (Å²) in [5.74, 6) is 0.607. The molecule has 1 aromatic rings. The van der Waals surface area contributed by atoms with Crippen LogP contribution in [0.3, 0.4) is 0 Å². The van der Waals surface area contributed by atoms with Crippen LogP contribution in [0.2, 0.25) is 0 Å². The highest BCUT2D eigenvalue weighted by molar-refractivity contribution is 5.87. The average molecular weight is 347 g/mol. The number of rotatable bonds is 5. The van der Waals surface area contributed by atoms with Crippen LogP contribution in [0.1, 0.15) is 12.8 Å². The molecule has 1 unspecified atom stereocenters. The molecule has 0 aliphatic carbocycles. The van der Waals surface area contributed by atoms with E-state index in [4.69, 9.17) is 9.47 Å². The van der Waals surface area contributed by atoms with Crippen molar-refractivity contribution >= 4 is 17.5 Å². The summed E-state index contributed by atoms with van der Waals surface area (Å²) < 4.78 is 10.7. The Morgan fingerprint density at radius 3 is 2.68 bits per heavy atom. The topological polar surface area (TPSA) is 71.1 Å². The lowest BCUT2D eigenvalue weighted by atomic mass is 10.2. The normalized spacial score (nSPS) is 20.4. The predicted molar refractivity (Wildman–Crippen MR) is 93.8 cm³/mol. The molecule has 2 aliphatic heterocycles. The van der Waals surface area contributed by atoms with E-state index in [0.29, 0.717) is 19.7 Å². The number of methoxy groups -OCH3 is 1. The Balaban J connectivity index is 1.46. The van der Waals surface area contributed by atoms with Crippen molar-refractivity contribution in [1.82, 2.24) is 10.2 Å². The van der Waals surface area contributed by atoms with Gasteiger partial charge < -0.3 is 24.6 Å². The van der Waals surface area contributed by atoms with E-state index in [1.54, 1.807) is 12.0 Å². The minimum absolute atomic E-state index is 0.0351. The summed E-state index contributed by atoms with van der Waals surface area (Å²) in [6.45, 7) is 3.40. The van der Waals surface area contributed by atoms with Gasteiger partial charge in [0.15, 0.2) is 0 Å². The Morgan fingerprint density at radius 1 is 1.24 bits per heavy atom. The zero-order valence-corrected chi connectivity index (χ0v) is 14.6. The molecule has 0 spiro atoms. The number of ether oxygens (including phenoxy) is 2. The van der Waals surface area contributed by atoms with Gasteiger partial charge >= 0.3 is 0 Å². The van der Waals surface area contributed by atoms with Crippen LogP contribution in [0, 0.1) is 0 Å². The maximum atomic E-state index is 12.3. The number of nitrogens with one attached hydrogen (secondary N) is 1. The van der Waals surface area contributed by atoms with Crippen LogP contribution < -0.4 is 15.0 Å². The Bertz CT molecular complexity index is 608. The van der Waals surface area contributed by atoms with E-state index in [1.807, 2.05) is 24.3 Å². The minimum Gasteiger partial charge on any atom is -0.495 e. The third-order valence-electron chi connectivity index (χ3n) is 4.69. The van der Waals surface area contributed by atoms with Gasteiger partial charge in [0.1, 0.15) is 11.9 Å². The van der Waals surface area contributed by atoms with Crippen molar-refractivity contribution < 1.29 is 19.1 Å². The van der Waals surface area contributed by atoms with Gasteiger partial charge in [-0.05, 0) is 25.0 Å². The Labute approximate surface area is 147 Å². The molecule has 3 rings (SSSR count). The van der Waals surface area contributed by atoms with Crippen LogP contribution in [0.15, 0.2) is 24.3 Å². The average Bonchev–Trinajstić information content (AvgIpc) is 3.21. The van der Waals surface area contributed by atoms with Gasteiger partial charge in [-0.2, -0.15) is 0 Å². The van der Waals surface area contributed by atoms with Gasteiger partial charge in [-0.1, -0.05) is 12.1 Å². The number of carbonyl (C=O) groups excluding carboxylic acids is 2. The van der Waals surface area contributed by atoms with Crippen LogP contribution >= 0.6 is 0 Å². The number of hydrogen-bond acceptors (Lipinski definition) is 5. The molecule has 2 amide bonds. The summed E-state index contributed by atoms with van der Waals surface area (Å²) in [5, 5.41) is 2.69. The molecule has 0 radical (unpaired) electrons. The molecule has 7 nitrogen and oxygen atoms in total. The molecule has 0 saturated carbocycles. The van der Waals surface area contributed by atoms with Gasteiger partial charge in [0.25, 0.3) is 0 Å². The highest BCUT2D eigenvalue weighted by Crippen LogP contribution is 2.28. The second-order valence-corrected chi connectivity index (χ2v) is 6.26. The lowest BCUT2D eigenvalue weighted by Crippen LogP contribution is -2.51. The second-order valence-electron chi connectivity index (χ2n) is 6.26. The van der Waals surface area contributed by atoms with Crippen LogP contribution in [0.5, 0.6) is 5.75 Å². The number of piperazine rings is 1. The van der Waals surface area contributed by atoms with Gasteiger partial charge in [0.2, 0.25) is 11.8 Å². The summed E-state index contributed by atoms with van der Waals surface area (Å²) in [5.41, 5.74) is 1.05. The summed E-state index contributed by atoms with van der Waals surface area (Å²) in [6, 6.07) is 7.89. The van der Waals surface area contributed by atoms with E-state index in [1.165, 1.54) is 0 Å². The summed E-state index contributed by atoms with van der Waals surface area (Å²) in [4.78, 5) is 28.2. The van der Waals surface area contributed by atoms with E-state index >= 15 is 0 Å². The van der Waals surface area contributed by atoms with Crippen molar-refractivity contribution in [3.05, 3.63) is 24.3 Å². The van der Waals surface area contributed by atoms with E-state index < -0.39 is 6.10 Å². The monoisotopic (exact) mass is 347 g/mol. The molecule has 0 aromatic heterocycles. The first kappa shape index (κ1) is 17.5. The number of para-hydroxylation sites is 2. The summed E-state index contributed by atoms with van der Waals surface area (Å²) in [7, 11) is 1.66. The number of benzene rings is 1. The molecule has 0 bridgehead atoms. The first-order valence-electron chi connectivity index (χ1n) is 8.74. The highest BCUT2D eigenvalue weighted by Gasteiger charge is 2.26. The SMILES string of the molecule is COc1ccccc1N1CCN(C(=O)CNC(=O)C2CCCO2)CC1. The molecule has 2 heterocycles. The molecular weight excluding hydrogens is 322 g/mol. The molecule has 7 heteroatoms. The van der Waals surface area contributed by atoms with E-state index in [9.17, 15) is 9.59 Å². The van der Waals surface area contributed by atoms with Crippen molar-refractivity contribution in [2.45, 2.75) is 18.9 Å².